The van der Waals surface area contributed by atoms with Crippen molar-refractivity contribution < 1.29 is 9.90 Å². The first kappa shape index (κ1) is 16.0. The second-order valence-electron chi connectivity index (χ2n) is 1.84. The molecule has 0 aliphatic rings. The molecule has 0 aromatic rings. The van der Waals surface area contributed by atoms with Crippen molar-refractivity contribution in [3.05, 3.63) is 0 Å². The van der Waals surface area contributed by atoms with Crippen LogP contribution in [0.3, 0.4) is 0 Å². The van der Waals surface area contributed by atoms with Crippen molar-refractivity contribution in [1.29, 1.82) is 0 Å². The fourth-order valence-electron chi connectivity index (χ4n) is 0.303. The highest BCUT2D eigenvalue weighted by Gasteiger charge is 1.97. The van der Waals surface area contributed by atoms with Gasteiger partial charge in [0, 0.05) is 19.8 Å². The average molecular weight is 252 g/mol. The molecule has 0 bridgehead atoms. The third-order valence-corrected chi connectivity index (χ3v) is 2.46. The maximum atomic E-state index is 9.99. The molecule has 0 spiro atoms. The zero-order valence-corrected chi connectivity index (χ0v) is 10.4. The second kappa shape index (κ2) is 12.5. The number of carbonyl (C=O) groups is 1. The van der Waals surface area contributed by atoms with Gasteiger partial charge < -0.3 is 10.4 Å². The maximum Gasteiger partial charge on any atom is 0.304 e. The van der Waals surface area contributed by atoms with Gasteiger partial charge in [-0.25, -0.2) is 4.99 Å². The lowest BCUT2D eigenvalue weighted by Crippen LogP contribution is -2.12. The lowest BCUT2D eigenvalue weighted by atomic mass is 10.5. The number of nitrogens with zero attached hydrogens (tertiary/aromatic N) is 1. The summed E-state index contributed by atoms with van der Waals surface area (Å²) in [5, 5.41) is 13.1. The fraction of sp³-hybridized carbons (Fsp3) is 0.571. The van der Waals surface area contributed by atoms with Crippen molar-refractivity contribution in [1.82, 2.24) is 5.32 Å². The normalized spacial score (nSPS) is 7.57. The van der Waals surface area contributed by atoms with Crippen LogP contribution in [0.1, 0.15) is 6.42 Å². The van der Waals surface area contributed by atoms with Crippen LogP contribution in [0.25, 0.3) is 0 Å². The summed E-state index contributed by atoms with van der Waals surface area (Å²) in [4.78, 5) is 13.3. The Hall–Kier alpha value is -0.490. The molecule has 0 unspecified atom stereocenters. The minimum Gasteiger partial charge on any atom is -0.481 e. The Balaban J connectivity index is 0. The van der Waals surface area contributed by atoms with E-state index in [9.17, 15) is 4.79 Å². The van der Waals surface area contributed by atoms with Crippen LogP contribution in [0.5, 0.6) is 0 Å². The number of aliphatic imine (C=N–C) groups is 1. The Morgan fingerprint density at radius 2 is 2.21 bits per heavy atom. The van der Waals surface area contributed by atoms with Crippen molar-refractivity contribution in [2.24, 2.45) is 4.99 Å². The van der Waals surface area contributed by atoms with Crippen LogP contribution in [-0.2, 0) is 4.79 Å². The summed E-state index contributed by atoms with van der Waals surface area (Å²) in [6.45, 7) is 0. The van der Waals surface area contributed by atoms with Gasteiger partial charge in [0.15, 0.2) is 0 Å². The molecule has 0 aliphatic heterocycles. The molecule has 2 N–H and O–H groups in total. The van der Waals surface area contributed by atoms with Gasteiger partial charge in [-0.05, 0) is 12.2 Å². The first-order chi connectivity index (χ1) is 6.58. The summed E-state index contributed by atoms with van der Waals surface area (Å²) in [6, 6.07) is 0. The molecular formula is C7H12N2O2S3. The molecule has 0 aromatic carbocycles. The van der Waals surface area contributed by atoms with E-state index in [1.807, 2.05) is 0 Å². The topological polar surface area (TPSA) is 61.7 Å². The number of carboxylic acids is 1. The van der Waals surface area contributed by atoms with Crippen LogP contribution in [0.15, 0.2) is 4.99 Å². The molecule has 0 amide bonds. The van der Waals surface area contributed by atoms with Gasteiger partial charge >= 0.3 is 5.97 Å². The summed E-state index contributed by atoms with van der Waals surface area (Å²) in [7, 11) is 3.31. The highest BCUT2D eigenvalue weighted by molar-refractivity contribution is 8.22. The number of hydrogen-bond acceptors (Lipinski definition) is 5. The van der Waals surface area contributed by atoms with E-state index >= 15 is 0 Å². The van der Waals surface area contributed by atoms with E-state index in [0.29, 0.717) is 10.1 Å². The molecule has 0 heterocycles. The molecule has 0 radical (unpaired) electrons. The number of carboxylic acid groups (broad SMARTS) is 1. The predicted molar refractivity (Wildman–Crippen MR) is 67.3 cm³/mol. The molecule has 0 saturated heterocycles. The first-order valence-electron chi connectivity index (χ1n) is 3.60. The number of isothiocyanates is 1. The molecule has 0 rings (SSSR count). The van der Waals surface area contributed by atoms with E-state index in [1.54, 1.807) is 14.1 Å². The van der Waals surface area contributed by atoms with Crippen LogP contribution in [0, 0.1) is 0 Å². The van der Waals surface area contributed by atoms with Crippen LogP contribution in [-0.4, -0.2) is 40.4 Å². The first-order valence-corrected chi connectivity index (χ1v) is 5.41. The maximum absolute atomic E-state index is 9.99. The summed E-state index contributed by atoms with van der Waals surface area (Å²) in [5.74, 6) is -0.249. The number of hydrogen-bond donors (Lipinski definition) is 2. The minimum atomic E-state index is -0.786. The number of aliphatic carboxylic acids is 1. The van der Waals surface area contributed by atoms with Gasteiger partial charge in [-0.1, -0.05) is 24.0 Å². The Morgan fingerprint density at radius 1 is 1.71 bits per heavy atom. The third-order valence-electron chi connectivity index (χ3n) is 0.844. The molecule has 4 nitrogen and oxygen atoms in total. The average Bonchev–Trinajstić information content (AvgIpc) is 2.17. The van der Waals surface area contributed by atoms with Crippen LogP contribution in [0.4, 0.5) is 0 Å². The van der Waals surface area contributed by atoms with Crippen molar-refractivity contribution in [3.63, 3.8) is 0 Å². The smallest absolute Gasteiger partial charge is 0.304 e. The van der Waals surface area contributed by atoms with Gasteiger partial charge in [0.2, 0.25) is 0 Å². The predicted octanol–water partition coefficient (Wildman–Crippen LogP) is 1.42. The zero-order valence-electron chi connectivity index (χ0n) is 7.94. The summed E-state index contributed by atoms with van der Waals surface area (Å²) < 4.78 is 0.640. The van der Waals surface area contributed by atoms with Gasteiger partial charge in [0.1, 0.15) is 4.32 Å². The van der Waals surface area contributed by atoms with Crippen LogP contribution >= 0.6 is 36.2 Å². The number of rotatable bonds is 3. The van der Waals surface area contributed by atoms with Crippen molar-refractivity contribution >= 4 is 51.6 Å². The fourth-order valence-corrected chi connectivity index (χ4v) is 1.16. The molecule has 0 aromatic heterocycles. The van der Waals surface area contributed by atoms with Gasteiger partial charge in [-0.3, -0.25) is 4.79 Å². The Labute approximate surface area is 98.2 Å². The third kappa shape index (κ3) is 17.6. The number of thiocarbonyl (C=S) groups is 2. The van der Waals surface area contributed by atoms with E-state index in [0.717, 1.165) is 0 Å². The monoisotopic (exact) mass is 252 g/mol. The van der Waals surface area contributed by atoms with Gasteiger partial charge in [0.05, 0.1) is 11.6 Å². The van der Waals surface area contributed by atoms with E-state index in [-0.39, 0.29) is 6.42 Å². The van der Waals surface area contributed by atoms with Gasteiger partial charge in [-0.2, -0.15) is 0 Å². The number of thioether (sulfide) groups is 1. The molecule has 14 heavy (non-hydrogen) atoms. The van der Waals surface area contributed by atoms with Gasteiger partial charge in [0.25, 0.3) is 0 Å². The van der Waals surface area contributed by atoms with E-state index in [2.05, 4.69) is 27.7 Å². The summed E-state index contributed by atoms with van der Waals surface area (Å²) >= 11 is 10.2. The standard InChI is InChI=1S/C5H9NO2S2.C2H3NS/c1-6-5(9)10-3-2-4(7)8;1-3-2-4/h2-3H2,1H3,(H,6,9)(H,7,8);1H3. The summed E-state index contributed by atoms with van der Waals surface area (Å²) in [5.41, 5.74) is 0. The minimum absolute atomic E-state index is 0.159. The van der Waals surface area contributed by atoms with E-state index < -0.39 is 5.97 Å². The van der Waals surface area contributed by atoms with E-state index in [4.69, 9.17) is 17.3 Å². The van der Waals surface area contributed by atoms with Gasteiger partial charge in [-0.15, -0.1) is 0 Å². The zero-order chi connectivity index (χ0) is 11.4. The number of nitrogens with one attached hydrogen (secondary N) is 1. The lowest BCUT2D eigenvalue weighted by Gasteiger charge is -1.98. The van der Waals surface area contributed by atoms with Crippen molar-refractivity contribution in [3.8, 4) is 0 Å². The molecule has 0 saturated carbocycles. The molecular weight excluding hydrogens is 240 g/mol. The Kier molecular flexibility index (Phi) is 14.3. The summed E-state index contributed by atoms with van der Waals surface area (Å²) in [6.07, 6.45) is 0.159. The molecule has 7 heteroatoms. The molecule has 0 atom stereocenters. The highest BCUT2D eigenvalue weighted by Crippen LogP contribution is 2.02. The van der Waals surface area contributed by atoms with Crippen molar-refractivity contribution in [2.75, 3.05) is 19.8 Å². The highest BCUT2D eigenvalue weighted by atomic mass is 32.2. The lowest BCUT2D eigenvalue weighted by molar-refractivity contribution is -0.136. The SMILES string of the molecule is CN=C=S.CNC(=S)SCCC(=O)O. The van der Waals surface area contributed by atoms with E-state index in [1.165, 1.54) is 11.8 Å². The molecule has 0 aliphatic carbocycles. The Bertz CT molecular complexity index is 227. The van der Waals surface area contributed by atoms with Crippen LogP contribution < -0.4 is 5.32 Å². The Morgan fingerprint density at radius 3 is 2.50 bits per heavy atom. The molecule has 80 valence electrons. The van der Waals surface area contributed by atoms with Crippen molar-refractivity contribution in [2.45, 2.75) is 6.42 Å². The molecule has 0 fully saturated rings. The quantitative estimate of drug-likeness (QED) is 0.585. The second-order valence-corrected chi connectivity index (χ2v) is 3.80. The van der Waals surface area contributed by atoms with Crippen LogP contribution in [0.2, 0.25) is 0 Å². The largest absolute Gasteiger partial charge is 0.481 e.